The number of nitrogens with two attached hydrogens (primary N) is 1. The van der Waals surface area contributed by atoms with Gasteiger partial charge in [-0.05, 0) is 18.2 Å². The lowest BCUT2D eigenvalue weighted by atomic mass is 10.1. The second-order valence-corrected chi connectivity index (χ2v) is 5.11. The van der Waals surface area contributed by atoms with E-state index in [9.17, 15) is 0 Å². The molecule has 0 bridgehead atoms. The van der Waals surface area contributed by atoms with E-state index < -0.39 is 0 Å². The van der Waals surface area contributed by atoms with Gasteiger partial charge in [-0.2, -0.15) is 0 Å². The van der Waals surface area contributed by atoms with Crippen molar-refractivity contribution in [3.8, 4) is 0 Å². The van der Waals surface area contributed by atoms with Crippen molar-refractivity contribution in [2.75, 3.05) is 12.3 Å². The number of nitrogen functional groups attached to an aromatic ring is 1. The molecule has 0 fully saturated rings. The van der Waals surface area contributed by atoms with Gasteiger partial charge in [0, 0.05) is 16.1 Å². The van der Waals surface area contributed by atoms with Crippen molar-refractivity contribution < 1.29 is 0 Å². The van der Waals surface area contributed by atoms with Gasteiger partial charge in [0.2, 0.25) is 0 Å². The summed E-state index contributed by atoms with van der Waals surface area (Å²) in [5.41, 5.74) is 6.73. The van der Waals surface area contributed by atoms with E-state index in [2.05, 4.69) is 17.2 Å². The molecule has 1 atom stereocenters. The van der Waals surface area contributed by atoms with Crippen LogP contribution in [0.2, 0.25) is 5.02 Å². The third-order valence-electron chi connectivity index (χ3n) is 2.45. The summed E-state index contributed by atoms with van der Waals surface area (Å²) >= 11 is 7.71. The van der Waals surface area contributed by atoms with Crippen molar-refractivity contribution >= 4 is 28.1 Å². The van der Waals surface area contributed by atoms with Gasteiger partial charge in [-0.1, -0.05) is 36.7 Å². The molecule has 0 aliphatic heterocycles. The predicted molar refractivity (Wildman–Crippen MR) is 73.5 cm³/mol. The van der Waals surface area contributed by atoms with E-state index in [0.29, 0.717) is 5.13 Å². The minimum Gasteiger partial charge on any atom is -0.375 e. The van der Waals surface area contributed by atoms with Crippen LogP contribution in [0.25, 0.3) is 0 Å². The number of hydrogen-bond donors (Lipinski definition) is 2. The largest absolute Gasteiger partial charge is 0.375 e. The van der Waals surface area contributed by atoms with Crippen LogP contribution in [0.15, 0.2) is 30.5 Å². The third kappa shape index (κ3) is 2.77. The maximum atomic E-state index is 6.22. The number of anilines is 1. The van der Waals surface area contributed by atoms with Crippen LogP contribution >= 0.6 is 22.9 Å². The maximum Gasteiger partial charge on any atom is 0.180 e. The second kappa shape index (κ2) is 5.49. The van der Waals surface area contributed by atoms with Gasteiger partial charge < -0.3 is 11.1 Å². The number of rotatable bonds is 4. The highest BCUT2D eigenvalue weighted by molar-refractivity contribution is 7.15. The van der Waals surface area contributed by atoms with Gasteiger partial charge in [0.1, 0.15) is 0 Å². The molecule has 0 spiro atoms. The smallest absolute Gasteiger partial charge is 0.180 e. The van der Waals surface area contributed by atoms with Crippen molar-refractivity contribution in [2.45, 2.75) is 13.0 Å². The van der Waals surface area contributed by atoms with Crippen LogP contribution in [0.3, 0.4) is 0 Å². The molecule has 0 radical (unpaired) electrons. The van der Waals surface area contributed by atoms with Crippen molar-refractivity contribution in [3.05, 3.63) is 45.9 Å². The van der Waals surface area contributed by atoms with E-state index in [1.807, 2.05) is 24.3 Å². The second-order valence-electron chi connectivity index (χ2n) is 3.61. The fourth-order valence-electron chi connectivity index (χ4n) is 1.71. The highest BCUT2D eigenvalue weighted by atomic mass is 35.5. The van der Waals surface area contributed by atoms with Crippen LogP contribution in [-0.2, 0) is 0 Å². The quantitative estimate of drug-likeness (QED) is 0.895. The van der Waals surface area contributed by atoms with Gasteiger partial charge in [-0.15, -0.1) is 11.3 Å². The Labute approximate surface area is 110 Å². The Bertz CT molecular complexity index is 498. The monoisotopic (exact) mass is 267 g/mol. The maximum absolute atomic E-state index is 6.22. The number of thiazole rings is 1. The Morgan fingerprint density at radius 3 is 2.82 bits per heavy atom. The van der Waals surface area contributed by atoms with Gasteiger partial charge in [0.05, 0.1) is 6.04 Å². The van der Waals surface area contributed by atoms with Crippen LogP contribution in [0, 0.1) is 0 Å². The zero-order chi connectivity index (χ0) is 12.3. The zero-order valence-corrected chi connectivity index (χ0v) is 11.1. The molecule has 1 unspecified atom stereocenters. The average Bonchev–Trinajstić information content (AvgIpc) is 2.74. The number of nitrogens with one attached hydrogen (secondary N) is 1. The van der Waals surface area contributed by atoms with Crippen molar-refractivity contribution in [3.63, 3.8) is 0 Å². The van der Waals surface area contributed by atoms with Crippen LogP contribution in [-0.4, -0.2) is 11.5 Å². The van der Waals surface area contributed by atoms with Gasteiger partial charge in [-0.3, -0.25) is 0 Å². The summed E-state index contributed by atoms with van der Waals surface area (Å²) in [5, 5.41) is 4.73. The van der Waals surface area contributed by atoms with Gasteiger partial charge >= 0.3 is 0 Å². The summed E-state index contributed by atoms with van der Waals surface area (Å²) in [5.74, 6) is 0. The first-order valence-electron chi connectivity index (χ1n) is 5.41. The zero-order valence-electron chi connectivity index (χ0n) is 9.48. The van der Waals surface area contributed by atoms with E-state index in [1.165, 1.54) is 11.3 Å². The van der Waals surface area contributed by atoms with E-state index in [4.69, 9.17) is 17.3 Å². The summed E-state index contributed by atoms with van der Waals surface area (Å²) in [7, 11) is 0. The van der Waals surface area contributed by atoms with E-state index in [-0.39, 0.29) is 6.04 Å². The molecule has 2 aromatic rings. The lowest BCUT2D eigenvalue weighted by Gasteiger charge is -2.17. The highest BCUT2D eigenvalue weighted by Crippen LogP contribution is 2.31. The Morgan fingerprint density at radius 1 is 1.47 bits per heavy atom. The highest BCUT2D eigenvalue weighted by Gasteiger charge is 2.17. The summed E-state index contributed by atoms with van der Waals surface area (Å²) in [6.07, 6.45) is 1.80. The fraction of sp³-hybridized carbons (Fsp3) is 0.250. The van der Waals surface area contributed by atoms with Crippen LogP contribution < -0.4 is 11.1 Å². The molecular weight excluding hydrogens is 254 g/mol. The standard InChI is InChI=1S/C12H14ClN3S/c1-2-15-11(10-7-16-12(14)17-10)8-5-3-4-6-9(8)13/h3-7,11,15H,2H2,1H3,(H2,14,16). The van der Waals surface area contributed by atoms with Crippen molar-refractivity contribution in [1.82, 2.24) is 10.3 Å². The van der Waals surface area contributed by atoms with Gasteiger partial charge in [0.25, 0.3) is 0 Å². The Hall–Kier alpha value is -1.10. The van der Waals surface area contributed by atoms with Crippen molar-refractivity contribution in [2.24, 2.45) is 0 Å². The molecule has 3 nitrogen and oxygen atoms in total. The van der Waals surface area contributed by atoms with Crippen LogP contribution in [0.5, 0.6) is 0 Å². The Morgan fingerprint density at radius 2 is 2.24 bits per heavy atom. The van der Waals surface area contributed by atoms with E-state index in [0.717, 1.165) is 22.0 Å². The lowest BCUT2D eigenvalue weighted by Crippen LogP contribution is -2.21. The molecule has 0 saturated heterocycles. The predicted octanol–water partition coefficient (Wildman–Crippen LogP) is 3.08. The average molecular weight is 268 g/mol. The van der Waals surface area contributed by atoms with E-state index in [1.54, 1.807) is 6.20 Å². The van der Waals surface area contributed by atoms with E-state index >= 15 is 0 Å². The van der Waals surface area contributed by atoms with Crippen molar-refractivity contribution in [1.29, 1.82) is 0 Å². The first-order valence-corrected chi connectivity index (χ1v) is 6.60. The molecule has 5 heteroatoms. The molecule has 17 heavy (non-hydrogen) atoms. The minimum absolute atomic E-state index is 0.0588. The molecule has 1 aromatic heterocycles. The Balaban J connectivity index is 2.39. The first kappa shape index (κ1) is 12.4. The number of aromatic nitrogens is 1. The fourth-order valence-corrected chi connectivity index (χ4v) is 2.74. The molecule has 0 amide bonds. The molecule has 0 saturated carbocycles. The third-order valence-corrected chi connectivity index (χ3v) is 3.69. The molecular formula is C12H14ClN3S. The Kier molecular flexibility index (Phi) is 3.99. The molecule has 0 aliphatic carbocycles. The minimum atomic E-state index is 0.0588. The number of hydrogen-bond acceptors (Lipinski definition) is 4. The summed E-state index contributed by atoms with van der Waals surface area (Å²) in [4.78, 5) is 5.17. The van der Waals surface area contributed by atoms with Crippen LogP contribution in [0.4, 0.5) is 5.13 Å². The molecule has 0 aliphatic rings. The summed E-state index contributed by atoms with van der Waals surface area (Å²) in [6.45, 7) is 2.92. The number of nitrogens with zero attached hydrogens (tertiary/aromatic N) is 1. The lowest BCUT2D eigenvalue weighted by molar-refractivity contribution is 0.639. The molecule has 1 heterocycles. The molecule has 1 aromatic carbocycles. The molecule has 90 valence electrons. The van der Waals surface area contributed by atoms with Gasteiger partial charge in [-0.25, -0.2) is 4.98 Å². The van der Waals surface area contributed by atoms with Gasteiger partial charge in [0.15, 0.2) is 5.13 Å². The number of halogens is 1. The topological polar surface area (TPSA) is 50.9 Å². The summed E-state index contributed by atoms with van der Waals surface area (Å²) in [6, 6.07) is 7.88. The SMILES string of the molecule is CCNC(c1cnc(N)s1)c1ccccc1Cl. The summed E-state index contributed by atoms with van der Waals surface area (Å²) < 4.78 is 0. The molecule has 2 rings (SSSR count). The molecule has 3 N–H and O–H groups in total. The van der Waals surface area contributed by atoms with Crippen LogP contribution in [0.1, 0.15) is 23.4 Å². The first-order chi connectivity index (χ1) is 8.22. The number of benzene rings is 1. The normalized spacial score (nSPS) is 12.6.